The molecule has 3 atom stereocenters. The van der Waals surface area contributed by atoms with Crippen molar-refractivity contribution in [2.45, 2.75) is 60.0 Å². The molecule has 2 rings (SSSR count). The number of hydrogen-bond donors (Lipinski definition) is 1. The quantitative estimate of drug-likeness (QED) is 0.891. The Morgan fingerprint density at radius 1 is 1.19 bits per heavy atom. The second-order valence-electron chi connectivity index (χ2n) is 7.80. The third-order valence-corrected chi connectivity index (χ3v) is 5.06. The van der Waals surface area contributed by atoms with E-state index < -0.39 is 0 Å². The van der Waals surface area contributed by atoms with Gasteiger partial charge in [-0.15, -0.1) is 0 Å². The van der Waals surface area contributed by atoms with E-state index in [-0.39, 0.29) is 6.10 Å². The van der Waals surface area contributed by atoms with Crippen LogP contribution in [0.2, 0.25) is 0 Å². The molecule has 0 amide bonds. The van der Waals surface area contributed by atoms with E-state index in [9.17, 15) is 0 Å². The summed E-state index contributed by atoms with van der Waals surface area (Å²) in [6.45, 7) is 12.0. The zero-order valence-corrected chi connectivity index (χ0v) is 14.3. The summed E-state index contributed by atoms with van der Waals surface area (Å²) in [6, 6.07) is 6.43. The monoisotopic (exact) mass is 289 g/mol. The van der Waals surface area contributed by atoms with E-state index >= 15 is 0 Å². The Balaban J connectivity index is 2.14. The number of rotatable bonds is 3. The molecule has 1 aliphatic rings. The molecule has 0 spiro atoms. The Hall–Kier alpha value is -1.02. The van der Waals surface area contributed by atoms with Crippen molar-refractivity contribution in [2.75, 3.05) is 6.54 Å². The molecule has 118 valence electrons. The summed E-state index contributed by atoms with van der Waals surface area (Å²) in [4.78, 5) is 0. The molecule has 2 N–H and O–H groups in total. The lowest BCUT2D eigenvalue weighted by atomic mass is 9.68. The third-order valence-electron chi connectivity index (χ3n) is 5.06. The van der Waals surface area contributed by atoms with Gasteiger partial charge in [-0.1, -0.05) is 38.5 Å². The van der Waals surface area contributed by atoms with Crippen LogP contribution >= 0.6 is 0 Å². The summed E-state index contributed by atoms with van der Waals surface area (Å²) in [5.41, 5.74) is 8.84. The first-order valence-electron chi connectivity index (χ1n) is 8.25. The smallest absolute Gasteiger partial charge is 0.122 e. The van der Waals surface area contributed by atoms with Crippen molar-refractivity contribution >= 4 is 0 Å². The first kappa shape index (κ1) is 16.4. The van der Waals surface area contributed by atoms with Gasteiger partial charge in [0.15, 0.2) is 0 Å². The average molecular weight is 289 g/mol. The fourth-order valence-electron chi connectivity index (χ4n) is 3.49. The predicted molar refractivity (Wildman–Crippen MR) is 89.7 cm³/mol. The van der Waals surface area contributed by atoms with Crippen molar-refractivity contribution in [3.8, 4) is 5.75 Å². The van der Waals surface area contributed by atoms with Gasteiger partial charge in [0, 0.05) is 5.92 Å². The summed E-state index contributed by atoms with van der Waals surface area (Å²) in [7, 11) is 0. The second kappa shape index (κ2) is 6.39. The molecule has 1 saturated carbocycles. The first-order chi connectivity index (χ1) is 9.81. The highest BCUT2D eigenvalue weighted by molar-refractivity contribution is 5.35. The summed E-state index contributed by atoms with van der Waals surface area (Å²) >= 11 is 0. The van der Waals surface area contributed by atoms with E-state index in [0.29, 0.717) is 11.3 Å². The topological polar surface area (TPSA) is 35.2 Å². The minimum atomic E-state index is 0.259. The predicted octanol–water partition coefficient (Wildman–Crippen LogP) is 4.47. The maximum Gasteiger partial charge on any atom is 0.122 e. The number of benzene rings is 1. The molecule has 0 bridgehead atoms. The van der Waals surface area contributed by atoms with Crippen LogP contribution in [0.5, 0.6) is 5.75 Å². The van der Waals surface area contributed by atoms with E-state index in [1.54, 1.807) is 0 Å². The Morgan fingerprint density at radius 3 is 2.48 bits per heavy atom. The molecule has 0 radical (unpaired) electrons. The first-order valence-corrected chi connectivity index (χ1v) is 8.25. The van der Waals surface area contributed by atoms with Crippen LogP contribution in [0.25, 0.3) is 0 Å². The van der Waals surface area contributed by atoms with E-state index in [4.69, 9.17) is 10.5 Å². The van der Waals surface area contributed by atoms with Gasteiger partial charge >= 0.3 is 0 Å². The lowest BCUT2D eigenvalue weighted by Gasteiger charge is -2.41. The van der Waals surface area contributed by atoms with Gasteiger partial charge in [0.05, 0.1) is 0 Å². The normalized spacial score (nSPS) is 26.7. The SMILES string of the molecule is Cc1ccc(OC2CC(C(C)(C)C)CCC2CN)c(C)c1. The largest absolute Gasteiger partial charge is 0.490 e. The van der Waals surface area contributed by atoms with Crippen molar-refractivity contribution in [1.29, 1.82) is 0 Å². The maximum atomic E-state index is 6.39. The van der Waals surface area contributed by atoms with Crippen molar-refractivity contribution in [3.63, 3.8) is 0 Å². The molecular formula is C19H31NO. The van der Waals surface area contributed by atoms with Gasteiger partial charge in [0.1, 0.15) is 11.9 Å². The van der Waals surface area contributed by atoms with Gasteiger partial charge in [0.2, 0.25) is 0 Å². The second-order valence-corrected chi connectivity index (χ2v) is 7.80. The Labute approximate surface area is 130 Å². The van der Waals surface area contributed by atoms with Crippen LogP contribution in [0.15, 0.2) is 18.2 Å². The zero-order chi connectivity index (χ0) is 15.6. The molecule has 2 nitrogen and oxygen atoms in total. The lowest BCUT2D eigenvalue weighted by molar-refractivity contribution is 0.0327. The van der Waals surface area contributed by atoms with Gasteiger partial charge in [-0.2, -0.15) is 0 Å². The molecule has 1 fully saturated rings. The minimum Gasteiger partial charge on any atom is -0.490 e. The number of hydrogen-bond acceptors (Lipinski definition) is 2. The van der Waals surface area contributed by atoms with Crippen LogP contribution in [0.3, 0.4) is 0 Å². The van der Waals surface area contributed by atoms with Gasteiger partial charge in [-0.05, 0) is 62.6 Å². The molecule has 21 heavy (non-hydrogen) atoms. The van der Waals surface area contributed by atoms with E-state index in [1.807, 2.05) is 0 Å². The van der Waals surface area contributed by atoms with Crippen molar-refractivity contribution in [1.82, 2.24) is 0 Å². The minimum absolute atomic E-state index is 0.259. The third kappa shape index (κ3) is 4.00. The highest BCUT2D eigenvalue weighted by atomic mass is 16.5. The van der Waals surface area contributed by atoms with E-state index in [0.717, 1.165) is 24.6 Å². The Kier molecular flexibility index (Phi) is 4.98. The lowest BCUT2D eigenvalue weighted by Crippen LogP contribution is -2.41. The van der Waals surface area contributed by atoms with Crippen molar-refractivity contribution in [3.05, 3.63) is 29.3 Å². The van der Waals surface area contributed by atoms with E-state index in [1.165, 1.54) is 24.0 Å². The highest BCUT2D eigenvalue weighted by Crippen LogP contribution is 2.41. The van der Waals surface area contributed by atoms with Crippen LogP contribution in [0, 0.1) is 31.1 Å². The van der Waals surface area contributed by atoms with E-state index in [2.05, 4.69) is 52.8 Å². The molecule has 1 aliphatic carbocycles. The van der Waals surface area contributed by atoms with Crippen LogP contribution in [0.1, 0.15) is 51.2 Å². The maximum absolute atomic E-state index is 6.39. The number of aryl methyl sites for hydroxylation is 2. The number of ether oxygens (including phenoxy) is 1. The molecule has 0 heterocycles. The fourth-order valence-corrected chi connectivity index (χ4v) is 3.49. The van der Waals surface area contributed by atoms with Crippen LogP contribution in [-0.2, 0) is 0 Å². The summed E-state index contributed by atoms with van der Waals surface area (Å²) < 4.78 is 6.39. The molecule has 2 heteroatoms. The molecule has 0 aliphatic heterocycles. The van der Waals surface area contributed by atoms with Crippen molar-refractivity contribution < 1.29 is 4.74 Å². The highest BCUT2D eigenvalue weighted by Gasteiger charge is 2.36. The van der Waals surface area contributed by atoms with Gasteiger partial charge in [-0.25, -0.2) is 0 Å². The Morgan fingerprint density at radius 2 is 1.90 bits per heavy atom. The van der Waals surface area contributed by atoms with Gasteiger partial charge < -0.3 is 10.5 Å². The molecule has 1 aromatic rings. The van der Waals surface area contributed by atoms with Gasteiger partial charge in [0.25, 0.3) is 0 Å². The average Bonchev–Trinajstić information content (AvgIpc) is 2.41. The van der Waals surface area contributed by atoms with Crippen LogP contribution < -0.4 is 10.5 Å². The standard InChI is InChI=1S/C19H31NO/c1-13-6-9-17(14(2)10-13)21-18-11-16(19(3,4)5)8-7-15(18)12-20/h6,9-10,15-16,18H,7-8,11-12,20H2,1-5H3. The molecular weight excluding hydrogens is 258 g/mol. The number of nitrogens with two attached hydrogens (primary N) is 1. The molecule has 3 unspecified atom stereocenters. The summed E-state index contributed by atoms with van der Waals surface area (Å²) in [5, 5.41) is 0. The fraction of sp³-hybridized carbons (Fsp3) is 0.684. The Bertz CT molecular complexity index is 475. The van der Waals surface area contributed by atoms with Crippen molar-refractivity contribution in [2.24, 2.45) is 23.0 Å². The van der Waals surface area contributed by atoms with Crippen LogP contribution in [0.4, 0.5) is 0 Å². The molecule has 1 aromatic carbocycles. The molecule has 0 saturated heterocycles. The summed E-state index contributed by atoms with van der Waals surface area (Å²) in [5.74, 6) is 2.24. The summed E-state index contributed by atoms with van der Waals surface area (Å²) in [6.07, 6.45) is 3.85. The van der Waals surface area contributed by atoms with Gasteiger partial charge in [-0.3, -0.25) is 0 Å². The zero-order valence-electron chi connectivity index (χ0n) is 14.3. The van der Waals surface area contributed by atoms with Crippen LogP contribution in [-0.4, -0.2) is 12.6 Å². The molecule has 0 aromatic heterocycles.